The van der Waals surface area contributed by atoms with Crippen LogP contribution in [0.15, 0.2) is 42.5 Å². The molecular formula is C19H19ClN2O5S. The summed E-state index contributed by atoms with van der Waals surface area (Å²) in [4.78, 5) is 13.0. The molecule has 7 nitrogen and oxygen atoms in total. The first kappa shape index (κ1) is 18.9. The van der Waals surface area contributed by atoms with Crippen molar-refractivity contribution < 1.29 is 22.7 Å². The predicted molar refractivity (Wildman–Crippen MR) is 107 cm³/mol. The zero-order valence-electron chi connectivity index (χ0n) is 15.3. The van der Waals surface area contributed by atoms with Crippen molar-refractivity contribution in [3.05, 3.63) is 47.5 Å². The molecule has 2 atom stereocenters. The normalized spacial score (nSPS) is 24.4. The maximum absolute atomic E-state index is 13.2. The third-order valence-corrected chi connectivity index (χ3v) is 8.12. The van der Waals surface area contributed by atoms with Gasteiger partial charge >= 0.3 is 0 Å². The van der Waals surface area contributed by atoms with Gasteiger partial charge in [-0.15, -0.1) is 0 Å². The van der Waals surface area contributed by atoms with Gasteiger partial charge in [0.05, 0.1) is 19.9 Å². The molecule has 2 fully saturated rings. The molecule has 2 aromatic carbocycles. The third kappa shape index (κ3) is 2.70. The lowest BCUT2D eigenvalue weighted by atomic mass is 10.2. The summed E-state index contributed by atoms with van der Waals surface area (Å²) >= 11 is 5.89. The number of benzene rings is 2. The minimum absolute atomic E-state index is 0.242. The number of sulfonamides is 1. The van der Waals surface area contributed by atoms with Crippen molar-refractivity contribution in [2.75, 3.05) is 30.4 Å². The molecule has 0 spiro atoms. The first-order valence-electron chi connectivity index (χ1n) is 8.65. The second-order valence-electron chi connectivity index (χ2n) is 6.83. The molecule has 1 amide bonds. The highest BCUT2D eigenvalue weighted by molar-refractivity contribution is 7.95. The number of carbonyl (C=O) groups is 1. The molecule has 0 unspecified atom stereocenters. The van der Waals surface area contributed by atoms with E-state index in [4.69, 9.17) is 21.1 Å². The fourth-order valence-corrected chi connectivity index (χ4v) is 6.22. The molecule has 1 aliphatic carbocycles. The Bertz CT molecular complexity index is 1040. The summed E-state index contributed by atoms with van der Waals surface area (Å²) in [6.07, 6.45) is 0.318. The first-order valence-corrected chi connectivity index (χ1v) is 10.5. The molecule has 1 saturated carbocycles. The zero-order valence-corrected chi connectivity index (χ0v) is 16.9. The minimum atomic E-state index is -3.84. The van der Waals surface area contributed by atoms with Crippen molar-refractivity contribution in [1.29, 1.82) is 0 Å². The number of hydrogen-bond acceptors (Lipinski definition) is 5. The van der Waals surface area contributed by atoms with Gasteiger partial charge in [0.15, 0.2) is 16.2 Å². The third-order valence-electron chi connectivity index (χ3n) is 5.33. The van der Waals surface area contributed by atoms with Crippen molar-refractivity contribution in [3.63, 3.8) is 0 Å². The molecule has 1 heterocycles. The average molecular weight is 423 g/mol. The Labute approximate surface area is 168 Å². The predicted octanol–water partition coefficient (Wildman–Crippen LogP) is 2.90. The van der Waals surface area contributed by atoms with Gasteiger partial charge in [-0.3, -0.25) is 9.10 Å². The van der Waals surface area contributed by atoms with Gasteiger partial charge < -0.3 is 14.8 Å². The van der Waals surface area contributed by atoms with Crippen LogP contribution in [0.1, 0.15) is 6.42 Å². The number of methoxy groups -OCH3 is 2. The first-order chi connectivity index (χ1) is 13.3. The van der Waals surface area contributed by atoms with E-state index in [0.717, 1.165) is 0 Å². The van der Waals surface area contributed by atoms with Gasteiger partial charge in [-0.25, -0.2) is 8.42 Å². The molecule has 2 aromatic rings. The molecular weight excluding hydrogens is 404 g/mol. The van der Waals surface area contributed by atoms with Crippen LogP contribution in [0.4, 0.5) is 11.4 Å². The summed E-state index contributed by atoms with van der Waals surface area (Å²) in [5.41, 5.74) is 0.956. The highest BCUT2D eigenvalue weighted by atomic mass is 35.5. The van der Waals surface area contributed by atoms with E-state index in [1.54, 1.807) is 42.5 Å². The van der Waals surface area contributed by atoms with Gasteiger partial charge in [0.2, 0.25) is 15.9 Å². The van der Waals surface area contributed by atoms with Crippen molar-refractivity contribution >= 4 is 38.9 Å². The van der Waals surface area contributed by atoms with E-state index in [2.05, 4.69) is 5.32 Å². The van der Waals surface area contributed by atoms with Gasteiger partial charge in [-0.1, -0.05) is 11.6 Å². The maximum Gasteiger partial charge on any atom is 0.250 e. The Hall–Kier alpha value is -2.45. The second kappa shape index (κ2) is 6.56. The monoisotopic (exact) mass is 422 g/mol. The van der Waals surface area contributed by atoms with E-state index in [-0.39, 0.29) is 12.5 Å². The van der Waals surface area contributed by atoms with E-state index in [1.807, 2.05) is 0 Å². The van der Waals surface area contributed by atoms with Crippen molar-refractivity contribution in [3.8, 4) is 11.5 Å². The van der Waals surface area contributed by atoms with E-state index in [1.165, 1.54) is 18.5 Å². The van der Waals surface area contributed by atoms with Crippen LogP contribution in [0.3, 0.4) is 0 Å². The topological polar surface area (TPSA) is 84.9 Å². The highest BCUT2D eigenvalue weighted by Crippen LogP contribution is 2.58. The summed E-state index contributed by atoms with van der Waals surface area (Å²) in [7, 11) is -0.840. The van der Waals surface area contributed by atoms with Crippen molar-refractivity contribution in [2.45, 2.75) is 11.2 Å². The number of hydrogen-bond donors (Lipinski definition) is 1. The van der Waals surface area contributed by atoms with Crippen LogP contribution in [-0.2, 0) is 14.8 Å². The molecule has 28 heavy (non-hydrogen) atoms. The number of anilines is 2. The van der Waals surface area contributed by atoms with E-state index >= 15 is 0 Å². The number of halogens is 1. The molecule has 148 valence electrons. The van der Waals surface area contributed by atoms with Gasteiger partial charge in [0, 0.05) is 29.2 Å². The van der Waals surface area contributed by atoms with Crippen molar-refractivity contribution in [1.82, 2.24) is 0 Å². The molecule has 0 aromatic heterocycles. The van der Waals surface area contributed by atoms with E-state index in [9.17, 15) is 13.2 Å². The molecule has 1 saturated heterocycles. The largest absolute Gasteiger partial charge is 0.493 e. The van der Waals surface area contributed by atoms with Crippen LogP contribution in [0.25, 0.3) is 0 Å². The van der Waals surface area contributed by atoms with Crippen LogP contribution in [0.2, 0.25) is 5.02 Å². The lowest BCUT2D eigenvalue weighted by Crippen LogP contribution is -2.42. The summed E-state index contributed by atoms with van der Waals surface area (Å²) < 4.78 is 36.6. The zero-order chi connectivity index (χ0) is 20.1. The summed E-state index contributed by atoms with van der Waals surface area (Å²) in [5.74, 6) is 0.196. The lowest BCUT2D eigenvalue weighted by Gasteiger charge is -2.23. The summed E-state index contributed by atoms with van der Waals surface area (Å²) in [5, 5.41) is 3.25. The van der Waals surface area contributed by atoms with Gasteiger partial charge in [-0.05, 0) is 42.8 Å². The summed E-state index contributed by atoms with van der Waals surface area (Å²) in [6.45, 7) is 0.281. The second-order valence-corrected chi connectivity index (χ2v) is 9.38. The standard InChI is InChI=1S/C19H19ClN2O5S/c1-26-16-8-5-14(9-17(16)27-2)21-18(23)19-10-12(19)11-22(28(19,24)25)15-6-3-13(20)4-7-15/h3-9,12H,10-11H2,1-2H3,(H,21,23)/t12-,19-/m0/s1. The molecule has 2 aliphatic rings. The Balaban J connectivity index is 1.59. The Kier molecular flexibility index (Phi) is 4.43. The van der Waals surface area contributed by atoms with E-state index < -0.39 is 20.7 Å². The molecule has 0 radical (unpaired) electrons. The van der Waals surface area contributed by atoms with Gasteiger partial charge in [0.25, 0.3) is 0 Å². The Morgan fingerprint density at radius 2 is 1.82 bits per heavy atom. The van der Waals surface area contributed by atoms with Crippen LogP contribution < -0.4 is 19.1 Å². The molecule has 0 bridgehead atoms. The van der Waals surface area contributed by atoms with Gasteiger partial charge in [0.1, 0.15) is 0 Å². The number of amides is 1. The average Bonchev–Trinajstić information content (AvgIpc) is 3.38. The fourth-order valence-electron chi connectivity index (χ4n) is 3.73. The number of carbonyl (C=O) groups excluding carboxylic acids is 1. The SMILES string of the molecule is COc1ccc(NC(=O)[C@]23C[C@H]2CN(c2ccc(Cl)cc2)S3(=O)=O)cc1OC. The van der Waals surface area contributed by atoms with E-state index in [0.29, 0.717) is 34.3 Å². The molecule has 9 heteroatoms. The van der Waals surface area contributed by atoms with Crippen LogP contribution in [0, 0.1) is 5.92 Å². The Morgan fingerprint density at radius 3 is 2.46 bits per heavy atom. The highest BCUT2D eigenvalue weighted by Gasteiger charge is 2.75. The van der Waals surface area contributed by atoms with Crippen LogP contribution in [-0.4, -0.2) is 39.8 Å². The Morgan fingerprint density at radius 1 is 1.14 bits per heavy atom. The number of rotatable bonds is 5. The van der Waals surface area contributed by atoms with Crippen LogP contribution >= 0.6 is 11.6 Å². The van der Waals surface area contributed by atoms with Gasteiger partial charge in [-0.2, -0.15) is 0 Å². The number of nitrogens with zero attached hydrogens (tertiary/aromatic N) is 1. The smallest absolute Gasteiger partial charge is 0.250 e. The summed E-state index contributed by atoms with van der Waals surface area (Å²) in [6, 6.07) is 11.4. The van der Waals surface area contributed by atoms with Crippen molar-refractivity contribution in [2.24, 2.45) is 5.92 Å². The molecule has 4 rings (SSSR count). The maximum atomic E-state index is 13.2. The minimum Gasteiger partial charge on any atom is -0.493 e. The number of nitrogens with one attached hydrogen (secondary N) is 1. The fraction of sp³-hybridized carbons (Fsp3) is 0.316. The molecule has 1 N–H and O–H groups in total. The quantitative estimate of drug-likeness (QED) is 0.800. The lowest BCUT2D eigenvalue weighted by molar-refractivity contribution is -0.116. The molecule has 1 aliphatic heterocycles. The van der Waals surface area contributed by atoms with Crippen LogP contribution in [0.5, 0.6) is 11.5 Å². The number of ether oxygens (including phenoxy) is 2. The number of fused-ring (bicyclic) bond motifs is 1.